The molecule has 2 heterocycles. The van der Waals surface area contributed by atoms with Gasteiger partial charge in [0, 0.05) is 5.56 Å². The van der Waals surface area contributed by atoms with Crippen molar-refractivity contribution in [1.82, 2.24) is 10.2 Å². The van der Waals surface area contributed by atoms with E-state index in [0.717, 1.165) is 11.3 Å². The number of ether oxygens (including phenoxy) is 2. The number of rotatable bonds is 5. The Bertz CT molecular complexity index is 1000. The summed E-state index contributed by atoms with van der Waals surface area (Å²) in [5.74, 6) is 0.880. The number of aromatic nitrogens is 2. The number of furan rings is 1. The first-order chi connectivity index (χ1) is 13.1. The van der Waals surface area contributed by atoms with E-state index in [9.17, 15) is 10.1 Å². The van der Waals surface area contributed by atoms with Crippen molar-refractivity contribution < 1.29 is 18.7 Å². The van der Waals surface area contributed by atoms with Crippen LogP contribution in [-0.2, 0) is 4.74 Å². The summed E-state index contributed by atoms with van der Waals surface area (Å²) in [5, 5.41) is 20.5. The second-order valence-corrected chi connectivity index (χ2v) is 5.50. The minimum absolute atomic E-state index is 0.0559. The second kappa shape index (κ2) is 7.58. The summed E-state index contributed by atoms with van der Waals surface area (Å²) in [6.45, 7) is 1.58. The molecule has 0 saturated heterocycles. The van der Waals surface area contributed by atoms with Crippen LogP contribution in [-0.4, -0.2) is 30.4 Å². The average molecular weight is 364 g/mol. The maximum Gasteiger partial charge on any atom is 0.342 e. The fourth-order valence-corrected chi connectivity index (χ4v) is 2.52. The molecular weight excluding hydrogens is 348 g/mol. The molecule has 0 aliphatic rings. The standard InChI is InChI=1S/C19H16N4O4/c1-11-17(19(24)26-3)14(10-20)18(27-11)21-16-9-8-15(22-23-16)12-4-6-13(25-2)7-5-12/h4-9H,1-3H3,(H,21,23). The zero-order valence-electron chi connectivity index (χ0n) is 14.9. The molecule has 3 aromatic rings. The lowest BCUT2D eigenvalue weighted by atomic mass is 10.1. The van der Waals surface area contributed by atoms with Gasteiger partial charge < -0.3 is 19.2 Å². The number of benzene rings is 1. The van der Waals surface area contributed by atoms with Gasteiger partial charge in [0.05, 0.1) is 19.9 Å². The molecule has 0 amide bonds. The summed E-state index contributed by atoms with van der Waals surface area (Å²) in [5.41, 5.74) is 1.70. The van der Waals surface area contributed by atoms with Crippen LogP contribution < -0.4 is 10.1 Å². The maximum atomic E-state index is 11.8. The molecule has 8 nitrogen and oxygen atoms in total. The second-order valence-electron chi connectivity index (χ2n) is 5.50. The fourth-order valence-electron chi connectivity index (χ4n) is 2.52. The van der Waals surface area contributed by atoms with E-state index in [-0.39, 0.29) is 22.8 Å². The van der Waals surface area contributed by atoms with Crippen LogP contribution in [0.15, 0.2) is 40.8 Å². The van der Waals surface area contributed by atoms with E-state index in [0.29, 0.717) is 11.5 Å². The quantitative estimate of drug-likeness (QED) is 0.685. The van der Waals surface area contributed by atoms with Gasteiger partial charge in [-0.05, 0) is 43.3 Å². The number of hydrogen-bond donors (Lipinski definition) is 1. The number of aryl methyl sites for hydroxylation is 1. The van der Waals surface area contributed by atoms with Crippen molar-refractivity contribution in [3.8, 4) is 23.1 Å². The van der Waals surface area contributed by atoms with Crippen molar-refractivity contribution in [3.63, 3.8) is 0 Å². The van der Waals surface area contributed by atoms with Crippen LogP contribution in [0.5, 0.6) is 5.75 Å². The van der Waals surface area contributed by atoms with Crippen LogP contribution >= 0.6 is 0 Å². The fraction of sp³-hybridized carbons (Fsp3) is 0.158. The maximum absolute atomic E-state index is 11.8. The van der Waals surface area contributed by atoms with Crippen molar-refractivity contribution in [2.24, 2.45) is 0 Å². The van der Waals surface area contributed by atoms with Crippen LogP contribution in [0.25, 0.3) is 11.3 Å². The first kappa shape index (κ1) is 17.9. The smallest absolute Gasteiger partial charge is 0.342 e. The van der Waals surface area contributed by atoms with Crippen molar-refractivity contribution in [3.05, 3.63) is 53.3 Å². The van der Waals surface area contributed by atoms with Crippen molar-refractivity contribution in [2.75, 3.05) is 19.5 Å². The minimum Gasteiger partial charge on any atom is -0.497 e. The number of nitrogens with zero attached hydrogens (tertiary/aromatic N) is 3. The Hall–Kier alpha value is -3.86. The lowest BCUT2D eigenvalue weighted by molar-refractivity contribution is 0.0598. The topological polar surface area (TPSA) is 110 Å². The summed E-state index contributed by atoms with van der Waals surface area (Å²) in [7, 11) is 2.85. The molecule has 27 heavy (non-hydrogen) atoms. The van der Waals surface area contributed by atoms with Gasteiger partial charge in [-0.25, -0.2) is 4.79 Å². The van der Waals surface area contributed by atoms with Gasteiger partial charge >= 0.3 is 5.97 Å². The van der Waals surface area contributed by atoms with Crippen LogP contribution in [0.4, 0.5) is 11.7 Å². The van der Waals surface area contributed by atoms with Crippen LogP contribution in [0.1, 0.15) is 21.7 Å². The van der Waals surface area contributed by atoms with Gasteiger partial charge in [0.25, 0.3) is 0 Å². The van der Waals surface area contributed by atoms with E-state index in [1.807, 2.05) is 30.3 Å². The van der Waals surface area contributed by atoms with Gasteiger partial charge in [0.15, 0.2) is 5.82 Å². The molecule has 1 aromatic carbocycles. The number of anilines is 2. The van der Waals surface area contributed by atoms with Crippen molar-refractivity contribution in [1.29, 1.82) is 5.26 Å². The summed E-state index contributed by atoms with van der Waals surface area (Å²) in [4.78, 5) is 11.8. The third-order valence-electron chi connectivity index (χ3n) is 3.88. The van der Waals surface area contributed by atoms with Gasteiger partial charge in [-0.15, -0.1) is 10.2 Å². The highest BCUT2D eigenvalue weighted by Gasteiger charge is 2.24. The third-order valence-corrected chi connectivity index (χ3v) is 3.88. The molecule has 0 bridgehead atoms. The summed E-state index contributed by atoms with van der Waals surface area (Å²) in [6.07, 6.45) is 0. The lowest BCUT2D eigenvalue weighted by Gasteiger charge is -2.05. The molecule has 0 radical (unpaired) electrons. The minimum atomic E-state index is -0.637. The zero-order valence-corrected chi connectivity index (χ0v) is 14.9. The molecule has 8 heteroatoms. The molecule has 1 N–H and O–H groups in total. The Labute approximate surface area is 155 Å². The molecule has 3 rings (SSSR count). The van der Waals surface area contributed by atoms with E-state index in [1.165, 1.54) is 7.11 Å². The summed E-state index contributed by atoms with van der Waals surface area (Å²) < 4.78 is 15.3. The highest BCUT2D eigenvalue weighted by Crippen LogP contribution is 2.29. The predicted molar refractivity (Wildman–Crippen MR) is 96.8 cm³/mol. The Morgan fingerprint density at radius 3 is 2.44 bits per heavy atom. The highest BCUT2D eigenvalue weighted by atomic mass is 16.5. The molecule has 0 spiro atoms. The normalized spacial score (nSPS) is 10.1. The van der Waals surface area contributed by atoms with Crippen molar-refractivity contribution in [2.45, 2.75) is 6.92 Å². The molecule has 0 fully saturated rings. The largest absolute Gasteiger partial charge is 0.497 e. The molecule has 0 aliphatic carbocycles. The molecule has 136 valence electrons. The van der Waals surface area contributed by atoms with E-state index < -0.39 is 5.97 Å². The van der Waals surface area contributed by atoms with E-state index >= 15 is 0 Å². The van der Waals surface area contributed by atoms with E-state index in [2.05, 4.69) is 20.3 Å². The van der Waals surface area contributed by atoms with Gasteiger partial charge in [0.1, 0.15) is 28.7 Å². The summed E-state index contributed by atoms with van der Waals surface area (Å²) >= 11 is 0. The number of hydrogen-bond acceptors (Lipinski definition) is 8. The first-order valence-corrected chi connectivity index (χ1v) is 7.94. The number of carbonyl (C=O) groups is 1. The van der Waals surface area contributed by atoms with Gasteiger partial charge in [-0.2, -0.15) is 5.26 Å². The number of carbonyl (C=O) groups excluding carboxylic acids is 1. The molecule has 2 aromatic heterocycles. The Kier molecular flexibility index (Phi) is 5.04. The number of nitrogens with one attached hydrogen (secondary N) is 1. The predicted octanol–water partition coefficient (Wildman–Crippen LogP) is 3.46. The Morgan fingerprint density at radius 2 is 1.89 bits per heavy atom. The van der Waals surface area contributed by atoms with E-state index in [1.54, 1.807) is 26.2 Å². The van der Waals surface area contributed by atoms with Crippen LogP contribution in [0, 0.1) is 18.3 Å². The van der Waals surface area contributed by atoms with Gasteiger partial charge in [-0.3, -0.25) is 0 Å². The van der Waals surface area contributed by atoms with Gasteiger partial charge in [-0.1, -0.05) is 0 Å². The molecule has 0 aliphatic heterocycles. The third kappa shape index (κ3) is 3.57. The highest BCUT2D eigenvalue weighted by molar-refractivity contribution is 5.95. The van der Waals surface area contributed by atoms with Crippen LogP contribution in [0.3, 0.4) is 0 Å². The average Bonchev–Trinajstić information content (AvgIpc) is 3.02. The number of methoxy groups -OCH3 is 2. The van der Waals surface area contributed by atoms with Gasteiger partial charge in [0.2, 0.25) is 5.88 Å². The SMILES string of the molecule is COC(=O)c1c(C)oc(Nc2ccc(-c3ccc(OC)cc3)nn2)c1C#N. The number of nitriles is 1. The zero-order chi connectivity index (χ0) is 19.4. The Balaban J connectivity index is 1.85. The molecular formula is C19H16N4O4. The van der Waals surface area contributed by atoms with Crippen LogP contribution in [0.2, 0.25) is 0 Å². The van der Waals surface area contributed by atoms with E-state index in [4.69, 9.17) is 9.15 Å². The van der Waals surface area contributed by atoms with Crippen molar-refractivity contribution >= 4 is 17.7 Å². The number of esters is 1. The monoisotopic (exact) mass is 364 g/mol. The molecule has 0 atom stereocenters. The molecule has 0 unspecified atom stereocenters. The Morgan fingerprint density at radius 1 is 1.15 bits per heavy atom. The molecule has 0 saturated carbocycles. The first-order valence-electron chi connectivity index (χ1n) is 7.94. The summed E-state index contributed by atoms with van der Waals surface area (Å²) in [6, 6.07) is 12.9. The lowest BCUT2D eigenvalue weighted by Crippen LogP contribution is -2.04.